The van der Waals surface area contributed by atoms with Crippen LogP contribution in [0.4, 0.5) is 15.8 Å². The maximum absolute atomic E-state index is 13.2. The number of nitrogens with zero attached hydrogens (tertiary/aromatic N) is 3. The van der Waals surface area contributed by atoms with Gasteiger partial charge < -0.3 is 15.2 Å². The Bertz CT molecular complexity index is 501. The van der Waals surface area contributed by atoms with Gasteiger partial charge in [-0.05, 0) is 18.2 Å². The Balaban J connectivity index is 2.20. The fourth-order valence-electron chi connectivity index (χ4n) is 1.67. The van der Waals surface area contributed by atoms with Gasteiger partial charge in [-0.15, -0.1) is 0 Å². The SMILES string of the molecule is CN(Cc1nccn1C)c1cc(N)cc(F)c1. The first kappa shape index (κ1) is 11.4. The summed E-state index contributed by atoms with van der Waals surface area (Å²) in [4.78, 5) is 6.13. The van der Waals surface area contributed by atoms with Gasteiger partial charge in [0.1, 0.15) is 11.6 Å². The van der Waals surface area contributed by atoms with E-state index in [0.29, 0.717) is 12.2 Å². The second-order valence-corrected chi connectivity index (χ2v) is 4.05. The number of halogens is 1. The van der Waals surface area contributed by atoms with E-state index in [9.17, 15) is 4.39 Å². The van der Waals surface area contributed by atoms with Crippen molar-refractivity contribution in [2.45, 2.75) is 6.54 Å². The highest BCUT2D eigenvalue weighted by Gasteiger charge is 2.07. The van der Waals surface area contributed by atoms with Crippen LogP contribution in [0.5, 0.6) is 0 Å². The highest BCUT2D eigenvalue weighted by molar-refractivity contribution is 5.55. The summed E-state index contributed by atoms with van der Waals surface area (Å²) in [6, 6.07) is 4.50. The van der Waals surface area contributed by atoms with Crippen molar-refractivity contribution < 1.29 is 4.39 Å². The summed E-state index contributed by atoms with van der Waals surface area (Å²) in [5, 5.41) is 0. The van der Waals surface area contributed by atoms with Gasteiger partial charge in [-0.2, -0.15) is 0 Å². The van der Waals surface area contributed by atoms with E-state index >= 15 is 0 Å². The molecule has 17 heavy (non-hydrogen) atoms. The largest absolute Gasteiger partial charge is 0.399 e. The Morgan fingerprint density at radius 2 is 2.18 bits per heavy atom. The van der Waals surface area contributed by atoms with Crippen LogP contribution in [0.15, 0.2) is 30.6 Å². The summed E-state index contributed by atoms with van der Waals surface area (Å²) < 4.78 is 15.1. The van der Waals surface area contributed by atoms with Gasteiger partial charge in [0.2, 0.25) is 0 Å². The quantitative estimate of drug-likeness (QED) is 0.823. The number of aromatic nitrogens is 2. The molecule has 0 aliphatic heterocycles. The van der Waals surface area contributed by atoms with Gasteiger partial charge in [0.15, 0.2) is 0 Å². The van der Waals surface area contributed by atoms with Crippen LogP contribution in [0.2, 0.25) is 0 Å². The molecule has 0 bridgehead atoms. The molecule has 2 N–H and O–H groups in total. The Hall–Kier alpha value is -2.04. The van der Waals surface area contributed by atoms with E-state index in [4.69, 9.17) is 5.73 Å². The fraction of sp³-hybridized carbons (Fsp3) is 0.250. The molecular weight excluding hydrogens is 219 g/mol. The summed E-state index contributed by atoms with van der Waals surface area (Å²) in [6.07, 6.45) is 3.62. The first-order valence-corrected chi connectivity index (χ1v) is 5.29. The van der Waals surface area contributed by atoms with E-state index in [-0.39, 0.29) is 5.82 Å². The minimum atomic E-state index is -0.327. The predicted octanol–water partition coefficient (Wildman–Crippen LogP) is 1.78. The van der Waals surface area contributed by atoms with Crippen LogP contribution in [-0.4, -0.2) is 16.6 Å². The van der Waals surface area contributed by atoms with Crippen LogP contribution >= 0.6 is 0 Å². The van der Waals surface area contributed by atoms with Gasteiger partial charge in [0.05, 0.1) is 6.54 Å². The third kappa shape index (κ3) is 2.55. The zero-order valence-corrected chi connectivity index (χ0v) is 9.89. The average Bonchev–Trinajstić information content (AvgIpc) is 2.63. The van der Waals surface area contributed by atoms with Crippen LogP contribution in [0.25, 0.3) is 0 Å². The molecule has 90 valence electrons. The molecule has 0 fully saturated rings. The fourth-order valence-corrected chi connectivity index (χ4v) is 1.67. The molecule has 0 saturated heterocycles. The van der Waals surface area contributed by atoms with Crippen molar-refractivity contribution in [1.29, 1.82) is 0 Å². The van der Waals surface area contributed by atoms with Crippen molar-refractivity contribution in [3.8, 4) is 0 Å². The van der Waals surface area contributed by atoms with E-state index in [1.807, 2.05) is 29.8 Å². The number of benzene rings is 1. The van der Waals surface area contributed by atoms with E-state index in [2.05, 4.69) is 4.98 Å². The second-order valence-electron chi connectivity index (χ2n) is 4.05. The van der Waals surface area contributed by atoms with Gasteiger partial charge in [0, 0.05) is 37.9 Å². The lowest BCUT2D eigenvalue weighted by molar-refractivity contribution is 0.627. The van der Waals surface area contributed by atoms with E-state index < -0.39 is 0 Å². The number of hydrogen-bond acceptors (Lipinski definition) is 3. The van der Waals surface area contributed by atoms with Crippen molar-refractivity contribution in [3.63, 3.8) is 0 Å². The first-order chi connectivity index (χ1) is 8.06. The molecule has 0 atom stereocenters. The summed E-state index contributed by atoms with van der Waals surface area (Å²) in [7, 11) is 3.80. The Morgan fingerprint density at radius 3 is 2.76 bits per heavy atom. The van der Waals surface area contributed by atoms with Crippen LogP contribution < -0.4 is 10.6 Å². The minimum Gasteiger partial charge on any atom is -0.399 e. The molecule has 0 aliphatic carbocycles. The van der Waals surface area contributed by atoms with E-state index in [1.54, 1.807) is 12.3 Å². The number of imidazole rings is 1. The summed E-state index contributed by atoms with van der Waals surface area (Å²) in [5.41, 5.74) is 6.78. The van der Waals surface area contributed by atoms with Crippen molar-refractivity contribution in [2.75, 3.05) is 17.7 Å². The molecule has 0 spiro atoms. The lowest BCUT2D eigenvalue weighted by atomic mass is 10.2. The third-order valence-corrected chi connectivity index (χ3v) is 2.65. The molecule has 0 unspecified atom stereocenters. The van der Waals surface area contributed by atoms with Gasteiger partial charge in [-0.25, -0.2) is 9.37 Å². The number of aryl methyl sites for hydroxylation is 1. The zero-order chi connectivity index (χ0) is 12.4. The van der Waals surface area contributed by atoms with Crippen LogP contribution in [-0.2, 0) is 13.6 Å². The predicted molar refractivity (Wildman–Crippen MR) is 66.1 cm³/mol. The molecule has 2 aromatic rings. The topological polar surface area (TPSA) is 47.1 Å². The molecular formula is C12H15FN4. The van der Waals surface area contributed by atoms with Gasteiger partial charge >= 0.3 is 0 Å². The molecule has 1 aromatic heterocycles. The van der Waals surface area contributed by atoms with E-state index in [0.717, 1.165) is 11.5 Å². The maximum atomic E-state index is 13.2. The lowest BCUT2D eigenvalue weighted by Crippen LogP contribution is -2.19. The van der Waals surface area contributed by atoms with Crippen molar-refractivity contribution in [1.82, 2.24) is 9.55 Å². The van der Waals surface area contributed by atoms with Crippen molar-refractivity contribution >= 4 is 11.4 Å². The smallest absolute Gasteiger partial charge is 0.127 e. The molecule has 5 heteroatoms. The molecule has 0 aliphatic rings. The number of nitrogen functional groups attached to an aromatic ring is 1. The molecule has 0 amide bonds. The number of anilines is 2. The maximum Gasteiger partial charge on any atom is 0.127 e. The summed E-state index contributed by atoms with van der Waals surface area (Å²) >= 11 is 0. The average molecular weight is 234 g/mol. The lowest BCUT2D eigenvalue weighted by Gasteiger charge is -2.19. The van der Waals surface area contributed by atoms with Crippen LogP contribution in [0, 0.1) is 5.82 Å². The second kappa shape index (κ2) is 4.45. The first-order valence-electron chi connectivity index (χ1n) is 5.29. The highest BCUT2D eigenvalue weighted by Crippen LogP contribution is 2.20. The number of hydrogen-bond donors (Lipinski definition) is 1. The van der Waals surface area contributed by atoms with Crippen molar-refractivity contribution in [3.05, 3.63) is 42.2 Å². The molecule has 0 radical (unpaired) electrons. The minimum absolute atomic E-state index is 0.327. The highest BCUT2D eigenvalue weighted by atomic mass is 19.1. The van der Waals surface area contributed by atoms with E-state index in [1.165, 1.54) is 12.1 Å². The van der Waals surface area contributed by atoms with Gasteiger partial charge in [-0.3, -0.25) is 0 Å². The summed E-state index contributed by atoms with van der Waals surface area (Å²) in [5.74, 6) is 0.585. The van der Waals surface area contributed by atoms with Gasteiger partial charge in [0.25, 0.3) is 0 Å². The number of nitrogens with two attached hydrogens (primary N) is 1. The third-order valence-electron chi connectivity index (χ3n) is 2.65. The normalized spacial score (nSPS) is 10.5. The Labute approximate surface area is 99.5 Å². The van der Waals surface area contributed by atoms with Crippen LogP contribution in [0.1, 0.15) is 5.82 Å². The molecule has 4 nitrogen and oxygen atoms in total. The monoisotopic (exact) mass is 234 g/mol. The number of rotatable bonds is 3. The molecule has 1 aromatic carbocycles. The Morgan fingerprint density at radius 1 is 1.41 bits per heavy atom. The van der Waals surface area contributed by atoms with Gasteiger partial charge in [-0.1, -0.05) is 0 Å². The molecule has 0 saturated carbocycles. The van der Waals surface area contributed by atoms with Crippen LogP contribution in [0.3, 0.4) is 0 Å². The Kier molecular flexibility index (Phi) is 2.99. The van der Waals surface area contributed by atoms with Crippen molar-refractivity contribution in [2.24, 2.45) is 7.05 Å². The summed E-state index contributed by atoms with van der Waals surface area (Å²) in [6.45, 7) is 0.604. The molecule has 1 heterocycles. The molecule has 2 rings (SSSR count). The zero-order valence-electron chi connectivity index (χ0n) is 9.89. The standard InChI is InChI=1S/C12H15FN4/c1-16-4-3-15-12(16)8-17(2)11-6-9(13)5-10(14)7-11/h3-7H,8,14H2,1-2H3.